The second-order valence-electron chi connectivity index (χ2n) is 5.58. The van der Waals surface area contributed by atoms with Crippen molar-refractivity contribution in [3.05, 3.63) is 12.4 Å². The standard InChI is InChI=1S/C15H27N3/c1-3-4-10-16-15-17-11-12-18(15)13(2)14-8-6-5-7-9-14/h11-14H,3-10H2,1-2H3,(H,16,17). The quantitative estimate of drug-likeness (QED) is 0.764. The van der Waals surface area contributed by atoms with Crippen LogP contribution in [0.2, 0.25) is 0 Å². The summed E-state index contributed by atoms with van der Waals surface area (Å²) >= 11 is 0. The van der Waals surface area contributed by atoms with Gasteiger partial charge in [-0.15, -0.1) is 0 Å². The van der Waals surface area contributed by atoms with Crippen molar-refractivity contribution in [1.82, 2.24) is 9.55 Å². The van der Waals surface area contributed by atoms with E-state index in [0.717, 1.165) is 18.4 Å². The van der Waals surface area contributed by atoms with Gasteiger partial charge in [0.2, 0.25) is 5.95 Å². The van der Waals surface area contributed by atoms with Crippen LogP contribution in [0.3, 0.4) is 0 Å². The number of anilines is 1. The Kier molecular flexibility index (Phi) is 5.09. The molecule has 2 rings (SSSR count). The lowest BCUT2D eigenvalue weighted by Crippen LogP contribution is -2.20. The van der Waals surface area contributed by atoms with Gasteiger partial charge in [0.15, 0.2) is 0 Å². The van der Waals surface area contributed by atoms with Crippen molar-refractivity contribution < 1.29 is 0 Å². The number of imidazole rings is 1. The lowest BCUT2D eigenvalue weighted by Gasteiger charge is -2.29. The molecule has 0 saturated heterocycles. The molecule has 1 aromatic heterocycles. The number of aromatic nitrogens is 2. The normalized spacial score (nSPS) is 18.8. The van der Waals surface area contributed by atoms with Gasteiger partial charge >= 0.3 is 0 Å². The molecule has 0 aromatic carbocycles. The molecule has 1 atom stereocenters. The van der Waals surface area contributed by atoms with Crippen molar-refractivity contribution >= 4 is 5.95 Å². The van der Waals surface area contributed by atoms with Gasteiger partial charge in [-0.25, -0.2) is 4.98 Å². The average Bonchev–Trinajstić information content (AvgIpc) is 2.88. The molecule has 0 aliphatic heterocycles. The Morgan fingerprint density at radius 1 is 1.39 bits per heavy atom. The minimum atomic E-state index is 0.580. The summed E-state index contributed by atoms with van der Waals surface area (Å²) in [6, 6.07) is 0.580. The Morgan fingerprint density at radius 3 is 2.89 bits per heavy atom. The number of rotatable bonds is 6. The van der Waals surface area contributed by atoms with E-state index in [-0.39, 0.29) is 0 Å². The summed E-state index contributed by atoms with van der Waals surface area (Å²) < 4.78 is 2.34. The molecule has 1 saturated carbocycles. The van der Waals surface area contributed by atoms with Crippen LogP contribution in [0.25, 0.3) is 0 Å². The largest absolute Gasteiger partial charge is 0.356 e. The highest BCUT2D eigenvalue weighted by molar-refractivity contribution is 5.26. The van der Waals surface area contributed by atoms with Gasteiger partial charge in [0.05, 0.1) is 0 Å². The van der Waals surface area contributed by atoms with Crippen LogP contribution in [-0.2, 0) is 0 Å². The van der Waals surface area contributed by atoms with Gasteiger partial charge in [0.1, 0.15) is 0 Å². The van der Waals surface area contributed by atoms with E-state index in [1.54, 1.807) is 0 Å². The molecule has 1 aliphatic carbocycles. The third-order valence-corrected chi connectivity index (χ3v) is 4.25. The minimum Gasteiger partial charge on any atom is -0.356 e. The smallest absolute Gasteiger partial charge is 0.203 e. The van der Waals surface area contributed by atoms with Gasteiger partial charge in [0.25, 0.3) is 0 Å². The van der Waals surface area contributed by atoms with Crippen molar-refractivity contribution in [3.8, 4) is 0 Å². The third-order valence-electron chi connectivity index (χ3n) is 4.25. The highest BCUT2D eigenvalue weighted by Crippen LogP contribution is 2.33. The van der Waals surface area contributed by atoms with E-state index in [1.165, 1.54) is 44.9 Å². The van der Waals surface area contributed by atoms with Crippen molar-refractivity contribution in [2.45, 2.75) is 64.8 Å². The maximum absolute atomic E-state index is 4.46. The van der Waals surface area contributed by atoms with E-state index in [9.17, 15) is 0 Å². The van der Waals surface area contributed by atoms with E-state index in [2.05, 4.69) is 34.9 Å². The summed E-state index contributed by atoms with van der Waals surface area (Å²) in [6.45, 7) is 5.60. The van der Waals surface area contributed by atoms with Crippen LogP contribution < -0.4 is 5.32 Å². The molecule has 1 heterocycles. The fourth-order valence-corrected chi connectivity index (χ4v) is 3.00. The molecule has 102 valence electrons. The molecule has 0 bridgehead atoms. The van der Waals surface area contributed by atoms with Crippen LogP contribution in [0.5, 0.6) is 0 Å². The zero-order valence-corrected chi connectivity index (χ0v) is 11.9. The number of hydrogen-bond donors (Lipinski definition) is 1. The fourth-order valence-electron chi connectivity index (χ4n) is 3.00. The molecule has 1 N–H and O–H groups in total. The number of nitrogens with one attached hydrogen (secondary N) is 1. The van der Waals surface area contributed by atoms with Crippen LogP contribution in [0.4, 0.5) is 5.95 Å². The molecule has 1 aromatic rings. The third kappa shape index (κ3) is 3.27. The van der Waals surface area contributed by atoms with Crippen LogP contribution in [0.1, 0.15) is 64.8 Å². The van der Waals surface area contributed by atoms with Crippen molar-refractivity contribution in [3.63, 3.8) is 0 Å². The van der Waals surface area contributed by atoms with Gasteiger partial charge in [-0.2, -0.15) is 0 Å². The summed E-state index contributed by atoms with van der Waals surface area (Å²) in [5, 5.41) is 3.47. The predicted molar refractivity (Wildman–Crippen MR) is 76.9 cm³/mol. The molecule has 3 nitrogen and oxygen atoms in total. The Hall–Kier alpha value is -0.990. The van der Waals surface area contributed by atoms with Crippen molar-refractivity contribution in [2.75, 3.05) is 11.9 Å². The Bertz CT molecular complexity index is 339. The molecular weight excluding hydrogens is 222 g/mol. The molecular formula is C15H27N3. The molecule has 18 heavy (non-hydrogen) atoms. The van der Waals surface area contributed by atoms with E-state index in [1.807, 2.05) is 6.20 Å². The number of hydrogen-bond acceptors (Lipinski definition) is 2. The molecule has 1 fully saturated rings. The van der Waals surface area contributed by atoms with E-state index in [0.29, 0.717) is 6.04 Å². The fraction of sp³-hybridized carbons (Fsp3) is 0.800. The average molecular weight is 249 g/mol. The summed E-state index contributed by atoms with van der Waals surface area (Å²) in [4.78, 5) is 4.46. The summed E-state index contributed by atoms with van der Waals surface area (Å²) in [5.74, 6) is 1.89. The summed E-state index contributed by atoms with van der Waals surface area (Å²) in [7, 11) is 0. The topological polar surface area (TPSA) is 29.9 Å². The first-order chi connectivity index (χ1) is 8.83. The number of nitrogens with zero attached hydrogens (tertiary/aromatic N) is 2. The van der Waals surface area contributed by atoms with Crippen molar-refractivity contribution in [1.29, 1.82) is 0 Å². The zero-order chi connectivity index (χ0) is 12.8. The summed E-state index contributed by atoms with van der Waals surface area (Å²) in [5.41, 5.74) is 0. The van der Waals surface area contributed by atoms with Crippen LogP contribution >= 0.6 is 0 Å². The maximum atomic E-state index is 4.46. The van der Waals surface area contributed by atoms with Gasteiger partial charge in [-0.1, -0.05) is 32.6 Å². The maximum Gasteiger partial charge on any atom is 0.203 e. The molecule has 3 heteroatoms. The molecule has 0 amide bonds. The highest BCUT2D eigenvalue weighted by Gasteiger charge is 2.22. The second-order valence-corrected chi connectivity index (χ2v) is 5.58. The van der Waals surface area contributed by atoms with Gasteiger partial charge in [0, 0.05) is 25.0 Å². The molecule has 1 unspecified atom stereocenters. The number of unbranched alkanes of at least 4 members (excludes halogenated alkanes) is 1. The first kappa shape index (κ1) is 13.4. The monoisotopic (exact) mass is 249 g/mol. The Labute approximate surface area is 111 Å². The van der Waals surface area contributed by atoms with Gasteiger partial charge in [-0.3, -0.25) is 0 Å². The first-order valence-corrected chi connectivity index (χ1v) is 7.59. The second kappa shape index (κ2) is 6.81. The Morgan fingerprint density at radius 2 is 2.17 bits per heavy atom. The van der Waals surface area contributed by atoms with E-state index in [4.69, 9.17) is 0 Å². The van der Waals surface area contributed by atoms with Gasteiger partial charge < -0.3 is 9.88 Å². The molecule has 1 aliphatic rings. The predicted octanol–water partition coefficient (Wildman–Crippen LogP) is 4.24. The Balaban J connectivity index is 1.96. The first-order valence-electron chi connectivity index (χ1n) is 7.59. The SMILES string of the molecule is CCCCNc1nccn1C(C)C1CCCCC1. The zero-order valence-electron chi connectivity index (χ0n) is 11.9. The highest BCUT2D eigenvalue weighted by atomic mass is 15.2. The lowest BCUT2D eigenvalue weighted by atomic mass is 9.84. The molecule has 0 spiro atoms. The van der Waals surface area contributed by atoms with Gasteiger partial charge in [-0.05, 0) is 32.1 Å². The lowest BCUT2D eigenvalue weighted by molar-refractivity contribution is 0.265. The van der Waals surface area contributed by atoms with Crippen LogP contribution in [0, 0.1) is 5.92 Å². The summed E-state index contributed by atoms with van der Waals surface area (Å²) in [6.07, 6.45) is 13.5. The van der Waals surface area contributed by atoms with Crippen LogP contribution in [-0.4, -0.2) is 16.1 Å². The van der Waals surface area contributed by atoms with Crippen LogP contribution in [0.15, 0.2) is 12.4 Å². The van der Waals surface area contributed by atoms with E-state index < -0.39 is 0 Å². The minimum absolute atomic E-state index is 0.580. The molecule has 0 radical (unpaired) electrons. The van der Waals surface area contributed by atoms with E-state index >= 15 is 0 Å². The van der Waals surface area contributed by atoms with Crippen molar-refractivity contribution in [2.24, 2.45) is 5.92 Å².